The summed E-state index contributed by atoms with van der Waals surface area (Å²) in [5.74, 6) is -2.63. The van der Waals surface area contributed by atoms with E-state index in [1.165, 1.54) is 18.2 Å². The van der Waals surface area contributed by atoms with Crippen LogP contribution < -0.4 is 5.32 Å². The van der Waals surface area contributed by atoms with Crippen LogP contribution in [0, 0.1) is 5.82 Å². The second-order valence-corrected chi connectivity index (χ2v) is 6.64. The number of carbonyl (C=O) groups is 3. The molecule has 1 aromatic heterocycles. The van der Waals surface area contributed by atoms with Crippen LogP contribution in [0.2, 0.25) is 5.02 Å². The maximum absolute atomic E-state index is 13.3. The first-order valence-electron chi connectivity index (χ1n) is 7.39. The van der Waals surface area contributed by atoms with E-state index in [2.05, 4.69) is 5.32 Å². The molecular formula is C18H11ClFNO4S. The van der Waals surface area contributed by atoms with Crippen molar-refractivity contribution in [1.82, 2.24) is 5.32 Å². The molecule has 1 N–H and O–H groups in total. The first-order valence-corrected chi connectivity index (χ1v) is 8.59. The highest BCUT2D eigenvalue weighted by Gasteiger charge is 2.20. The predicted octanol–water partition coefficient (Wildman–Crippen LogP) is 3.81. The average molecular weight is 392 g/mol. The number of hydrogen-bond acceptors (Lipinski definition) is 5. The minimum absolute atomic E-state index is 0.0643. The number of halogens is 2. The Kier molecular flexibility index (Phi) is 5.29. The number of fused-ring (bicyclic) bond motifs is 1. The minimum Gasteiger partial charge on any atom is -0.451 e. The van der Waals surface area contributed by atoms with Crippen LogP contribution in [0.4, 0.5) is 4.39 Å². The van der Waals surface area contributed by atoms with E-state index in [4.69, 9.17) is 16.3 Å². The van der Waals surface area contributed by atoms with Gasteiger partial charge < -0.3 is 4.74 Å². The largest absolute Gasteiger partial charge is 0.451 e. The van der Waals surface area contributed by atoms with Crippen molar-refractivity contribution in [3.05, 3.63) is 69.8 Å². The third kappa shape index (κ3) is 3.89. The molecule has 0 aliphatic carbocycles. The maximum atomic E-state index is 13.3. The fourth-order valence-electron chi connectivity index (χ4n) is 2.19. The number of amides is 2. The number of thiophene rings is 1. The smallest absolute Gasteiger partial charge is 0.350 e. The molecular weight excluding hydrogens is 381 g/mol. The third-order valence-electron chi connectivity index (χ3n) is 3.40. The molecule has 5 nitrogen and oxygen atoms in total. The first kappa shape index (κ1) is 18.0. The fraction of sp³-hybridized carbons (Fsp3) is 0.0556. The average Bonchev–Trinajstić information content (AvgIpc) is 2.96. The Labute approximate surface area is 156 Å². The summed E-state index contributed by atoms with van der Waals surface area (Å²) < 4.78 is 18.6. The van der Waals surface area contributed by atoms with Gasteiger partial charge in [0, 0.05) is 15.6 Å². The Bertz CT molecular complexity index is 1000. The first-order chi connectivity index (χ1) is 12.5. The quantitative estimate of drug-likeness (QED) is 0.686. The van der Waals surface area contributed by atoms with E-state index in [9.17, 15) is 18.8 Å². The molecule has 0 unspecified atom stereocenters. The molecule has 1 heterocycles. The Hall–Kier alpha value is -2.77. The molecule has 0 saturated carbocycles. The van der Waals surface area contributed by atoms with E-state index >= 15 is 0 Å². The molecule has 8 heteroatoms. The van der Waals surface area contributed by atoms with Gasteiger partial charge in [0.2, 0.25) is 0 Å². The summed E-state index contributed by atoms with van der Waals surface area (Å²) in [5.41, 5.74) is 0.307. The van der Waals surface area contributed by atoms with Crippen molar-refractivity contribution in [3.63, 3.8) is 0 Å². The normalized spacial score (nSPS) is 10.5. The van der Waals surface area contributed by atoms with Crippen LogP contribution in [-0.2, 0) is 9.53 Å². The van der Waals surface area contributed by atoms with Gasteiger partial charge in [0.1, 0.15) is 10.7 Å². The highest BCUT2D eigenvalue weighted by atomic mass is 35.5. The van der Waals surface area contributed by atoms with Crippen LogP contribution in [0.1, 0.15) is 20.0 Å². The second kappa shape index (κ2) is 7.63. The molecule has 3 aromatic rings. The Balaban J connectivity index is 1.63. The molecule has 0 fully saturated rings. The van der Waals surface area contributed by atoms with Gasteiger partial charge >= 0.3 is 5.97 Å². The van der Waals surface area contributed by atoms with Crippen LogP contribution in [-0.4, -0.2) is 24.4 Å². The van der Waals surface area contributed by atoms with Gasteiger partial charge in [-0.15, -0.1) is 11.3 Å². The number of ether oxygens (including phenoxy) is 1. The zero-order valence-electron chi connectivity index (χ0n) is 13.1. The van der Waals surface area contributed by atoms with Gasteiger partial charge in [0.25, 0.3) is 11.8 Å². The number of benzene rings is 2. The van der Waals surface area contributed by atoms with Crippen molar-refractivity contribution >= 4 is 50.8 Å². The SMILES string of the molecule is O=C(COC(=O)c1sc2cc(F)ccc2c1Cl)NC(=O)c1ccccc1. The number of imide groups is 1. The van der Waals surface area contributed by atoms with E-state index in [-0.39, 0.29) is 9.90 Å². The van der Waals surface area contributed by atoms with Crippen LogP contribution in [0.25, 0.3) is 10.1 Å². The fourth-order valence-corrected chi connectivity index (χ4v) is 3.62. The molecule has 26 heavy (non-hydrogen) atoms. The number of hydrogen-bond donors (Lipinski definition) is 1. The van der Waals surface area contributed by atoms with Gasteiger partial charge in [-0.2, -0.15) is 0 Å². The molecule has 132 valence electrons. The molecule has 0 saturated heterocycles. The van der Waals surface area contributed by atoms with Crippen molar-refractivity contribution in [3.8, 4) is 0 Å². The van der Waals surface area contributed by atoms with Gasteiger partial charge in [0.05, 0.1) is 5.02 Å². The molecule has 0 spiro atoms. The Morgan fingerprint density at radius 2 is 1.85 bits per heavy atom. The molecule has 3 rings (SSSR count). The van der Waals surface area contributed by atoms with E-state index in [0.29, 0.717) is 15.6 Å². The number of rotatable bonds is 4. The maximum Gasteiger partial charge on any atom is 0.350 e. The lowest BCUT2D eigenvalue weighted by atomic mass is 10.2. The lowest BCUT2D eigenvalue weighted by molar-refractivity contribution is -0.123. The van der Waals surface area contributed by atoms with Crippen LogP contribution >= 0.6 is 22.9 Å². The summed E-state index contributed by atoms with van der Waals surface area (Å²) in [7, 11) is 0. The van der Waals surface area contributed by atoms with E-state index in [1.807, 2.05) is 0 Å². The summed E-state index contributed by atoms with van der Waals surface area (Å²) in [4.78, 5) is 35.8. The molecule has 0 aliphatic heterocycles. The summed E-state index contributed by atoms with van der Waals surface area (Å²) in [6, 6.07) is 12.1. The number of esters is 1. The van der Waals surface area contributed by atoms with Gasteiger partial charge in [-0.05, 0) is 30.3 Å². The van der Waals surface area contributed by atoms with Crippen molar-refractivity contribution in [2.24, 2.45) is 0 Å². The van der Waals surface area contributed by atoms with Crippen molar-refractivity contribution in [2.45, 2.75) is 0 Å². The van der Waals surface area contributed by atoms with Gasteiger partial charge in [-0.1, -0.05) is 29.8 Å². The van der Waals surface area contributed by atoms with E-state index < -0.39 is 30.2 Å². The molecule has 0 aliphatic rings. The zero-order chi connectivity index (χ0) is 18.7. The predicted molar refractivity (Wildman–Crippen MR) is 96.0 cm³/mol. The van der Waals surface area contributed by atoms with Crippen LogP contribution in [0.15, 0.2) is 48.5 Å². The zero-order valence-corrected chi connectivity index (χ0v) is 14.7. The van der Waals surface area contributed by atoms with Crippen molar-refractivity contribution in [1.29, 1.82) is 0 Å². The second-order valence-electron chi connectivity index (χ2n) is 5.21. The third-order valence-corrected chi connectivity index (χ3v) is 5.04. The summed E-state index contributed by atoms with van der Waals surface area (Å²) in [6.45, 7) is -0.643. The summed E-state index contributed by atoms with van der Waals surface area (Å²) in [5, 5.41) is 2.77. The standard InChI is InChI=1S/C18H11ClFNO4S/c19-15-12-7-6-11(20)8-13(12)26-16(15)18(24)25-9-14(22)21-17(23)10-4-2-1-3-5-10/h1-8H,9H2,(H,21,22,23). The van der Waals surface area contributed by atoms with Gasteiger partial charge in [-0.25, -0.2) is 9.18 Å². The topological polar surface area (TPSA) is 72.5 Å². The van der Waals surface area contributed by atoms with Crippen molar-refractivity contribution in [2.75, 3.05) is 6.61 Å². The number of carbonyl (C=O) groups excluding carboxylic acids is 3. The lowest BCUT2D eigenvalue weighted by Gasteiger charge is -2.05. The molecule has 2 aromatic carbocycles. The lowest BCUT2D eigenvalue weighted by Crippen LogP contribution is -2.34. The monoisotopic (exact) mass is 391 g/mol. The van der Waals surface area contributed by atoms with Crippen LogP contribution in [0.5, 0.6) is 0 Å². The van der Waals surface area contributed by atoms with E-state index in [0.717, 1.165) is 11.3 Å². The molecule has 0 bridgehead atoms. The molecule has 0 atom stereocenters. The molecule has 2 amide bonds. The summed E-state index contributed by atoms with van der Waals surface area (Å²) in [6.07, 6.45) is 0. The minimum atomic E-state index is -0.820. The van der Waals surface area contributed by atoms with Crippen LogP contribution in [0.3, 0.4) is 0 Å². The molecule has 0 radical (unpaired) electrons. The Morgan fingerprint density at radius 1 is 1.12 bits per heavy atom. The van der Waals surface area contributed by atoms with E-state index in [1.54, 1.807) is 30.3 Å². The highest BCUT2D eigenvalue weighted by molar-refractivity contribution is 7.21. The Morgan fingerprint density at radius 3 is 2.58 bits per heavy atom. The summed E-state index contributed by atoms with van der Waals surface area (Å²) >= 11 is 7.08. The number of nitrogens with one attached hydrogen (secondary N) is 1. The van der Waals surface area contributed by atoms with Crippen molar-refractivity contribution < 1.29 is 23.5 Å². The van der Waals surface area contributed by atoms with Gasteiger partial charge in [-0.3, -0.25) is 14.9 Å². The van der Waals surface area contributed by atoms with Gasteiger partial charge in [0.15, 0.2) is 6.61 Å². The highest BCUT2D eigenvalue weighted by Crippen LogP contribution is 2.36.